The Labute approximate surface area is 251 Å². The monoisotopic (exact) mass is 643 g/mol. The Kier molecular flexibility index (Phi) is 11.4. The number of halogens is 1. The van der Waals surface area contributed by atoms with Crippen LogP contribution in [0.15, 0.2) is 82.2 Å². The van der Waals surface area contributed by atoms with Gasteiger partial charge in [0.15, 0.2) is 0 Å². The quantitative estimate of drug-likeness (QED) is 0.258. The number of hydrogen-bond donors (Lipinski definition) is 1. The summed E-state index contributed by atoms with van der Waals surface area (Å²) in [6, 6.07) is 19.6. The van der Waals surface area contributed by atoms with Crippen LogP contribution in [-0.4, -0.2) is 50.4 Å². The lowest BCUT2D eigenvalue weighted by molar-refractivity contribution is -0.140. The summed E-state index contributed by atoms with van der Waals surface area (Å²) in [5.74, 6) is -0.195. The summed E-state index contributed by atoms with van der Waals surface area (Å²) < 4.78 is 35.3. The van der Waals surface area contributed by atoms with Gasteiger partial charge in [-0.1, -0.05) is 52.7 Å². The molecule has 41 heavy (non-hydrogen) atoms. The van der Waals surface area contributed by atoms with Gasteiger partial charge in [0.2, 0.25) is 11.8 Å². The van der Waals surface area contributed by atoms with Crippen LogP contribution < -0.4 is 14.4 Å². The van der Waals surface area contributed by atoms with E-state index in [4.69, 9.17) is 4.74 Å². The van der Waals surface area contributed by atoms with Crippen molar-refractivity contribution in [1.82, 2.24) is 10.2 Å². The molecule has 2 amide bonds. The van der Waals surface area contributed by atoms with E-state index in [9.17, 15) is 18.0 Å². The van der Waals surface area contributed by atoms with Crippen molar-refractivity contribution in [3.8, 4) is 5.75 Å². The molecule has 0 fully saturated rings. The maximum Gasteiger partial charge on any atom is 0.264 e. The molecule has 1 unspecified atom stereocenters. The highest BCUT2D eigenvalue weighted by Gasteiger charge is 2.34. The van der Waals surface area contributed by atoms with Gasteiger partial charge in [-0.3, -0.25) is 13.9 Å². The lowest BCUT2D eigenvalue weighted by atomic mass is 10.1. The van der Waals surface area contributed by atoms with Crippen molar-refractivity contribution < 1.29 is 22.7 Å². The van der Waals surface area contributed by atoms with Gasteiger partial charge in [0.05, 0.1) is 17.2 Å². The van der Waals surface area contributed by atoms with E-state index in [0.29, 0.717) is 24.5 Å². The number of nitrogens with zero attached hydrogens (tertiary/aromatic N) is 2. The predicted molar refractivity (Wildman–Crippen MR) is 165 cm³/mol. The van der Waals surface area contributed by atoms with Crippen LogP contribution in [0.25, 0.3) is 0 Å². The number of aryl methyl sites for hydroxylation is 1. The van der Waals surface area contributed by atoms with Gasteiger partial charge >= 0.3 is 0 Å². The number of ether oxygens (including phenoxy) is 1. The van der Waals surface area contributed by atoms with Crippen LogP contribution in [0.3, 0.4) is 0 Å². The van der Waals surface area contributed by atoms with E-state index < -0.39 is 28.5 Å². The summed E-state index contributed by atoms with van der Waals surface area (Å²) in [6.07, 6.45) is 0.360. The van der Waals surface area contributed by atoms with Crippen LogP contribution in [-0.2, 0) is 26.2 Å². The summed E-state index contributed by atoms with van der Waals surface area (Å²) in [5, 5.41) is 2.91. The van der Waals surface area contributed by atoms with E-state index in [0.717, 1.165) is 19.9 Å². The maximum atomic E-state index is 14.1. The first-order chi connectivity index (χ1) is 19.5. The fourth-order valence-corrected chi connectivity index (χ4v) is 6.12. The molecule has 0 bridgehead atoms. The number of nitrogens with one attached hydrogen (secondary N) is 1. The molecule has 10 heteroatoms. The largest absolute Gasteiger partial charge is 0.494 e. The summed E-state index contributed by atoms with van der Waals surface area (Å²) in [6.45, 7) is 9.48. The van der Waals surface area contributed by atoms with Gasteiger partial charge in [0.1, 0.15) is 18.3 Å². The number of amides is 2. The second-order valence-corrected chi connectivity index (χ2v) is 12.8. The minimum absolute atomic E-state index is 0.0391. The van der Waals surface area contributed by atoms with Gasteiger partial charge in [-0.05, 0) is 88.2 Å². The molecule has 0 spiro atoms. The number of rotatable bonds is 13. The van der Waals surface area contributed by atoms with Gasteiger partial charge in [-0.2, -0.15) is 0 Å². The Balaban J connectivity index is 2.07. The Morgan fingerprint density at radius 1 is 0.976 bits per heavy atom. The molecule has 0 aliphatic carbocycles. The molecule has 0 heterocycles. The predicted octanol–water partition coefficient (Wildman–Crippen LogP) is 5.68. The molecular formula is C31H38BrN3O5S. The summed E-state index contributed by atoms with van der Waals surface area (Å²) in [4.78, 5) is 28.9. The average Bonchev–Trinajstić information content (AvgIpc) is 2.92. The van der Waals surface area contributed by atoms with Crippen molar-refractivity contribution in [3.05, 3.63) is 88.4 Å². The molecule has 1 N–H and O–H groups in total. The maximum absolute atomic E-state index is 14.1. The average molecular weight is 645 g/mol. The molecule has 0 aliphatic heterocycles. The van der Waals surface area contributed by atoms with Crippen molar-refractivity contribution in [2.45, 2.75) is 64.6 Å². The first-order valence-electron chi connectivity index (χ1n) is 13.6. The minimum Gasteiger partial charge on any atom is -0.494 e. The smallest absolute Gasteiger partial charge is 0.264 e. The van der Waals surface area contributed by atoms with Crippen LogP contribution in [0.4, 0.5) is 5.69 Å². The minimum atomic E-state index is -4.15. The first kappa shape index (κ1) is 32.1. The van der Waals surface area contributed by atoms with Gasteiger partial charge in [0, 0.05) is 17.1 Å². The third-order valence-corrected chi connectivity index (χ3v) is 8.69. The number of sulfonamides is 1. The van der Waals surface area contributed by atoms with Gasteiger partial charge in [0.25, 0.3) is 10.0 Å². The zero-order chi connectivity index (χ0) is 30.2. The van der Waals surface area contributed by atoms with E-state index >= 15 is 0 Å². The normalized spacial score (nSPS) is 12.1. The SMILES string of the molecule is CCOc1ccc(N(CC(=O)N(Cc2cccc(C)c2)C(CC)C(=O)NC(C)C)S(=O)(=O)c2ccc(Br)cc2)cc1. The van der Waals surface area contributed by atoms with Gasteiger partial charge < -0.3 is 15.0 Å². The summed E-state index contributed by atoms with van der Waals surface area (Å²) in [7, 11) is -4.15. The molecular weight excluding hydrogens is 606 g/mol. The lowest BCUT2D eigenvalue weighted by Gasteiger charge is -2.33. The van der Waals surface area contributed by atoms with Crippen LogP contribution in [0.1, 0.15) is 45.2 Å². The Morgan fingerprint density at radius 3 is 2.20 bits per heavy atom. The fourth-order valence-electron chi connectivity index (χ4n) is 4.45. The fraction of sp³-hybridized carbons (Fsp3) is 0.355. The molecule has 0 saturated carbocycles. The highest BCUT2D eigenvalue weighted by atomic mass is 79.9. The van der Waals surface area contributed by atoms with Crippen LogP contribution in [0.2, 0.25) is 0 Å². The van der Waals surface area contributed by atoms with Crippen LogP contribution in [0, 0.1) is 6.92 Å². The molecule has 220 valence electrons. The van der Waals surface area contributed by atoms with Crippen molar-refractivity contribution in [2.75, 3.05) is 17.5 Å². The summed E-state index contributed by atoms with van der Waals surface area (Å²) >= 11 is 3.35. The molecule has 1 atom stereocenters. The number of carbonyl (C=O) groups is 2. The van der Waals surface area contributed by atoms with E-state index in [1.54, 1.807) is 36.4 Å². The van der Waals surface area contributed by atoms with Crippen molar-refractivity contribution in [3.63, 3.8) is 0 Å². The first-order valence-corrected chi connectivity index (χ1v) is 15.9. The number of carbonyl (C=O) groups excluding carboxylic acids is 2. The second kappa shape index (κ2) is 14.5. The summed E-state index contributed by atoms with van der Waals surface area (Å²) in [5.41, 5.74) is 2.17. The molecule has 3 aromatic carbocycles. The van der Waals surface area contributed by atoms with Crippen molar-refractivity contribution in [2.24, 2.45) is 0 Å². The Hall–Kier alpha value is -3.37. The molecule has 0 aromatic heterocycles. The van der Waals surface area contributed by atoms with Crippen LogP contribution >= 0.6 is 15.9 Å². The molecule has 3 rings (SSSR count). The Morgan fingerprint density at radius 2 is 1.63 bits per heavy atom. The van der Waals surface area contributed by atoms with E-state index in [2.05, 4.69) is 21.2 Å². The van der Waals surface area contributed by atoms with E-state index in [1.165, 1.54) is 17.0 Å². The highest BCUT2D eigenvalue weighted by Crippen LogP contribution is 2.27. The molecule has 3 aromatic rings. The van der Waals surface area contributed by atoms with E-state index in [-0.39, 0.29) is 23.4 Å². The third-order valence-electron chi connectivity index (χ3n) is 6.37. The zero-order valence-corrected chi connectivity index (χ0v) is 26.5. The third kappa shape index (κ3) is 8.56. The lowest BCUT2D eigenvalue weighted by Crippen LogP contribution is -2.53. The number of hydrogen-bond acceptors (Lipinski definition) is 5. The van der Waals surface area contributed by atoms with Crippen LogP contribution in [0.5, 0.6) is 5.75 Å². The molecule has 0 saturated heterocycles. The second-order valence-electron chi connectivity index (χ2n) is 9.99. The topological polar surface area (TPSA) is 96.0 Å². The van der Waals surface area contributed by atoms with E-state index in [1.807, 2.05) is 58.9 Å². The number of benzene rings is 3. The van der Waals surface area contributed by atoms with Crippen molar-refractivity contribution >= 4 is 43.5 Å². The zero-order valence-electron chi connectivity index (χ0n) is 24.1. The molecule has 8 nitrogen and oxygen atoms in total. The van der Waals surface area contributed by atoms with Crippen molar-refractivity contribution in [1.29, 1.82) is 0 Å². The standard InChI is InChI=1S/C31H38BrN3O5S/c1-6-29(31(37)33-22(3)4)34(20-24-10-8-9-23(5)19-24)30(36)21-35(26-13-15-27(16-14-26)40-7-2)41(38,39)28-17-11-25(32)12-18-28/h8-19,22,29H,6-7,20-21H2,1-5H3,(H,33,37). The van der Waals surface area contributed by atoms with Gasteiger partial charge in [-0.25, -0.2) is 8.42 Å². The highest BCUT2D eigenvalue weighted by molar-refractivity contribution is 9.10. The molecule has 0 aliphatic rings. The Bertz CT molecular complexity index is 1430. The molecule has 0 radical (unpaired) electrons. The number of anilines is 1. The van der Waals surface area contributed by atoms with Gasteiger partial charge in [-0.15, -0.1) is 0 Å².